The Kier molecular flexibility index (Phi) is 5.01. The summed E-state index contributed by atoms with van der Waals surface area (Å²) in [6, 6.07) is 8.74. The Hall–Kier alpha value is -2.92. The second kappa shape index (κ2) is 7.60. The van der Waals surface area contributed by atoms with Gasteiger partial charge >= 0.3 is 0 Å². The van der Waals surface area contributed by atoms with Crippen LogP contribution in [0, 0.1) is 0 Å². The second-order valence-corrected chi connectivity index (χ2v) is 6.31. The molecule has 3 N–H and O–H groups in total. The van der Waals surface area contributed by atoms with Gasteiger partial charge in [0.2, 0.25) is 0 Å². The van der Waals surface area contributed by atoms with Gasteiger partial charge in [0.15, 0.2) is 23.2 Å². The number of fused-ring (bicyclic) bond motifs is 1. The zero-order valence-electron chi connectivity index (χ0n) is 15.0. The van der Waals surface area contributed by atoms with E-state index < -0.39 is 24.5 Å². The van der Waals surface area contributed by atoms with Crippen molar-refractivity contribution in [1.29, 1.82) is 0 Å². The normalized spacial score (nSPS) is 24.5. The summed E-state index contributed by atoms with van der Waals surface area (Å²) >= 11 is 0. The van der Waals surface area contributed by atoms with E-state index in [2.05, 4.69) is 20.3 Å². The molecule has 146 valence electrons. The van der Waals surface area contributed by atoms with Crippen LogP contribution < -0.4 is 5.32 Å². The summed E-state index contributed by atoms with van der Waals surface area (Å²) < 4.78 is 12.7. The van der Waals surface area contributed by atoms with Gasteiger partial charge in [-0.25, -0.2) is 15.0 Å². The number of carbonyl (C=O) groups is 1. The van der Waals surface area contributed by atoms with Gasteiger partial charge in [0, 0.05) is 12.7 Å². The number of nitrogens with zero attached hydrogens (tertiary/aromatic N) is 4. The predicted octanol–water partition coefficient (Wildman–Crippen LogP) is 0.344. The molecule has 1 saturated heterocycles. The third-order valence-corrected chi connectivity index (χ3v) is 4.67. The van der Waals surface area contributed by atoms with Crippen molar-refractivity contribution < 1.29 is 24.5 Å². The Morgan fingerprint density at radius 3 is 2.79 bits per heavy atom. The first kappa shape index (κ1) is 18.4. The fourth-order valence-electron chi connectivity index (χ4n) is 3.25. The van der Waals surface area contributed by atoms with Crippen molar-refractivity contribution in [2.75, 3.05) is 19.0 Å². The van der Waals surface area contributed by atoms with Crippen LogP contribution in [0.3, 0.4) is 0 Å². The number of ether oxygens (including phenoxy) is 2. The van der Waals surface area contributed by atoms with Gasteiger partial charge in [-0.2, -0.15) is 0 Å². The fourth-order valence-corrected chi connectivity index (χ4v) is 3.25. The Morgan fingerprint density at radius 2 is 2.07 bits per heavy atom. The maximum atomic E-state index is 12.4. The average Bonchev–Trinajstić information content (AvgIpc) is 3.29. The quantitative estimate of drug-likeness (QED) is 0.573. The van der Waals surface area contributed by atoms with Gasteiger partial charge in [-0.15, -0.1) is 0 Å². The lowest BCUT2D eigenvalue weighted by Crippen LogP contribution is -2.34. The minimum absolute atomic E-state index is 0.254. The van der Waals surface area contributed by atoms with Crippen LogP contribution in [0.25, 0.3) is 11.2 Å². The average molecular weight is 385 g/mol. The molecule has 1 aromatic carbocycles. The molecule has 3 aromatic rings. The number of hydrogen-bond acceptors (Lipinski definition) is 8. The van der Waals surface area contributed by atoms with Crippen molar-refractivity contribution in [3.8, 4) is 0 Å². The summed E-state index contributed by atoms with van der Waals surface area (Å²) in [6.07, 6.45) is -0.469. The first-order valence-corrected chi connectivity index (χ1v) is 8.65. The summed E-state index contributed by atoms with van der Waals surface area (Å²) in [6.45, 7) is -0.350. The van der Waals surface area contributed by atoms with Crippen LogP contribution in [0.15, 0.2) is 43.0 Å². The standard InChI is InChI=1S/C18H19N5O5/c1-27-14-13(25)11(7-24)28-18(14)23-9-21-12-15(19-8-20-16(12)23)22-17(26)10-5-3-2-4-6-10/h2-6,8-9,11,13-14,18,24-25H,7H2,1H3,(H,19,20,22,26)/t11-,13+,14?,18-/m1/s1. The fraction of sp³-hybridized carbons (Fsp3) is 0.333. The SMILES string of the molecule is COC1[C@@H](O)[C@@H](CO)O[C@H]1n1cnc2c(NC(=O)c3ccccc3)ncnc21. The molecule has 0 bridgehead atoms. The number of imidazole rings is 1. The summed E-state index contributed by atoms with van der Waals surface area (Å²) in [4.78, 5) is 25.1. The molecule has 0 aliphatic carbocycles. The van der Waals surface area contributed by atoms with Gasteiger partial charge in [-0.1, -0.05) is 18.2 Å². The monoisotopic (exact) mass is 385 g/mol. The van der Waals surface area contributed by atoms with E-state index in [0.717, 1.165) is 0 Å². The predicted molar refractivity (Wildman–Crippen MR) is 97.5 cm³/mol. The first-order chi connectivity index (χ1) is 13.6. The van der Waals surface area contributed by atoms with E-state index in [1.165, 1.54) is 19.8 Å². The Balaban J connectivity index is 1.66. The number of carbonyl (C=O) groups excluding carboxylic acids is 1. The zero-order chi connectivity index (χ0) is 19.7. The molecule has 10 nitrogen and oxygen atoms in total. The molecular weight excluding hydrogens is 366 g/mol. The number of aliphatic hydroxyl groups excluding tert-OH is 2. The molecule has 1 aliphatic rings. The van der Waals surface area contributed by atoms with Crippen molar-refractivity contribution in [1.82, 2.24) is 19.5 Å². The van der Waals surface area contributed by atoms with E-state index >= 15 is 0 Å². The highest BCUT2D eigenvalue weighted by Gasteiger charge is 2.45. The minimum Gasteiger partial charge on any atom is -0.394 e. The molecule has 4 atom stereocenters. The summed E-state index contributed by atoms with van der Waals surface area (Å²) in [5.41, 5.74) is 1.25. The van der Waals surface area contributed by atoms with Gasteiger partial charge in [0.05, 0.1) is 12.9 Å². The lowest BCUT2D eigenvalue weighted by atomic mass is 10.1. The van der Waals surface area contributed by atoms with Crippen LogP contribution in [-0.2, 0) is 9.47 Å². The van der Waals surface area contributed by atoms with Gasteiger partial charge in [0.1, 0.15) is 24.6 Å². The summed E-state index contributed by atoms with van der Waals surface area (Å²) in [7, 11) is 1.45. The molecule has 28 heavy (non-hydrogen) atoms. The van der Waals surface area contributed by atoms with Crippen molar-refractivity contribution in [2.24, 2.45) is 0 Å². The van der Waals surface area contributed by atoms with Gasteiger partial charge in [0.25, 0.3) is 5.91 Å². The van der Waals surface area contributed by atoms with E-state index in [-0.39, 0.29) is 18.3 Å². The van der Waals surface area contributed by atoms with Crippen molar-refractivity contribution in [3.63, 3.8) is 0 Å². The van der Waals surface area contributed by atoms with Crippen LogP contribution in [-0.4, -0.2) is 67.7 Å². The highest BCUT2D eigenvalue weighted by molar-refractivity contribution is 6.06. The van der Waals surface area contributed by atoms with Crippen molar-refractivity contribution in [3.05, 3.63) is 48.5 Å². The van der Waals surface area contributed by atoms with Crippen LogP contribution >= 0.6 is 0 Å². The lowest BCUT2D eigenvalue weighted by Gasteiger charge is -2.19. The Labute approximate surface area is 159 Å². The molecule has 3 heterocycles. The molecule has 10 heteroatoms. The highest BCUT2D eigenvalue weighted by atomic mass is 16.6. The number of aliphatic hydroxyl groups is 2. The third-order valence-electron chi connectivity index (χ3n) is 4.67. The number of benzene rings is 1. The number of rotatable bonds is 5. The van der Waals surface area contributed by atoms with E-state index in [1.807, 2.05) is 6.07 Å². The maximum Gasteiger partial charge on any atom is 0.256 e. The van der Waals surface area contributed by atoms with Gasteiger partial charge in [-0.3, -0.25) is 9.36 Å². The number of amides is 1. The second-order valence-electron chi connectivity index (χ2n) is 6.31. The smallest absolute Gasteiger partial charge is 0.256 e. The molecular formula is C18H19N5O5. The van der Waals surface area contributed by atoms with E-state index in [0.29, 0.717) is 16.7 Å². The molecule has 4 rings (SSSR count). The molecule has 1 aliphatic heterocycles. The van der Waals surface area contributed by atoms with Crippen molar-refractivity contribution >= 4 is 22.9 Å². The number of nitrogens with one attached hydrogen (secondary N) is 1. The number of methoxy groups -OCH3 is 1. The van der Waals surface area contributed by atoms with Gasteiger partial charge < -0.3 is 25.0 Å². The van der Waals surface area contributed by atoms with Crippen LogP contribution in [0.2, 0.25) is 0 Å². The largest absolute Gasteiger partial charge is 0.394 e. The van der Waals surface area contributed by atoms with Crippen molar-refractivity contribution in [2.45, 2.75) is 24.5 Å². The van der Waals surface area contributed by atoms with E-state index in [9.17, 15) is 15.0 Å². The Bertz CT molecular complexity index is 979. The maximum absolute atomic E-state index is 12.4. The van der Waals surface area contributed by atoms with Crippen LogP contribution in [0.4, 0.5) is 5.82 Å². The first-order valence-electron chi connectivity index (χ1n) is 8.65. The molecule has 0 spiro atoms. The van der Waals surface area contributed by atoms with Crippen LogP contribution in [0.1, 0.15) is 16.6 Å². The molecule has 2 aromatic heterocycles. The van der Waals surface area contributed by atoms with E-state index in [1.54, 1.807) is 28.8 Å². The number of anilines is 1. The lowest BCUT2D eigenvalue weighted by molar-refractivity contribution is -0.0583. The van der Waals surface area contributed by atoms with Gasteiger partial charge in [-0.05, 0) is 12.1 Å². The number of aromatic nitrogens is 4. The Morgan fingerprint density at radius 1 is 1.29 bits per heavy atom. The number of hydrogen-bond donors (Lipinski definition) is 3. The summed E-state index contributed by atoms with van der Waals surface area (Å²) in [5.74, 6) is -0.0679. The summed E-state index contributed by atoms with van der Waals surface area (Å²) in [5, 5.41) is 22.4. The minimum atomic E-state index is -1.00. The molecule has 0 saturated carbocycles. The third kappa shape index (κ3) is 3.12. The van der Waals surface area contributed by atoms with Crippen LogP contribution in [0.5, 0.6) is 0 Å². The molecule has 1 fully saturated rings. The van der Waals surface area contributed by atoms with E-state index in [4.69, 9.17) is 9.47 Å². The highest BCUT2D eigenvalue weighted by Crippen LogP contribution is 2.33. The molecule has 0 radical (unpaired) electrons. The molecule has 1 amide bonds. The molecule has 1 unspecified atom stereocenters. The zero-order valence-corrected chi connectivity index (χ0v) is 15.0. The topological polar surface area (TPSA) is 132 Å².